The number of aliphatic hydroxyl groups is 1. The van der Waals surface area contributed by atoms with Crippen LogP contribution < -0.4 is 0 Å². The van der Waals surface area contributed by atoms with Gasteiger partial charge in [0.15, 0.2) is 0 Å². The van der Waals surface area contributed by atoms with Crippen LogP contribution in [0, 0.1) is 12.7 Å². The maximum atomic E-state index is 13.0. The van der Waals surface area contributed by atoms with Crippen molar-refractivity contribution in [1.29, 1.82) is 0 Å². The standard InChI is InChI=1S/C14H19FO2/c1-10-8-12(15)5-4-11(10)9-13(16)14(17-2)6-3-7-14/h4-5,8,13,16H,3,6-7,9H2,1-2H3. The summed E-state index contributed by atoms with van der Waals surface area (Å²) < 4.78 is 18.4. The molecule has 0 heterocycles. The SMILES string of the molecule is COC1(C(O)Cc2ccc(F)cc2C)CCC1. The van der Waals surface area contributed by atoms with Crippen molar-refractivity contribution in [2.75, 3.05) is 7.11 Å². The molecule has 0 bridgehead atoms. The maximum Gasteiger partial charge on any atom is 0.123 e. The van der Waals surface area contributed by atoms with Crippen molar-refractivity contribution in [2.45, 2.75) is 44.3 Å². The number of rotatable bonds is 4. The molecule has 0 saturated heterocycles. The molecule has 1 aliphatic carbocycles. The van der Waals surface area contributed by atoms with E-state index in [1.165, 1.54) is 12.1 Å². The molecule has 0 amide bonds. The summed E-state index contributed by atoms with van der Waals surface area (Å²) >= 11 is 0. The maximum absolute atomic E-state index is 13.0. The first-order valence-electron chi connectivity index (χ1n) is 6.06. The van der Waals surface area contributed by atoms with Crippen LogP contribution in [0.25, 0.3) is 0 Å². The van der Waals surface area contributed by atoms with Crippen molar-refractivity contribution in [3.8, 4) is 0 Å². The first kappa shape index (κ1) is 12.5. The van der Waals surface area contributed by atoms with E-state index < -0.39 is 6.10 Å². The van der Waals surface area contributed by atoms with E-state index in [2.05, 4.69) is 0 Å². The van der Waals surface area contributed by atoms with Gasteiger partial charge in [-0.15, -0.1) is 0 Å². The first-order chi connectivity index (χ1) is 8.07. The second kappa shape index (κ2) is 4.75. The van der Waals surface area contributed by atoms with Crippen LogP contribution in [-0.2, 0) is 11.2 Å². The summed E-state index contributed by atoms with van der Waals surface area (Å²) in [5.41, 5.74) is 1.50. The Hall–Kier alpha value is -0.930. The van der Waals surface area contributed by atoms with Gasteiger partial charge in [0, 0.05) is 13.5 Å². The molecule has 1 N–H and O–H groups in total. The third kappa shape index (κ3) is 2.35. The fraction of sp³-hybridized carbons (Fsp3) is 0.571. The van der Waals surface area contributed by atoms with Crippen molar-refractivity contribution in [2.24, 2.45) is 0 Å². The van der Waals surface area contributed by atoms with Crippen LogP contribution in [0.3, 0.4) is 0 Å². The van der Waals surface area contributed by atoms with Gasteiger partial charge in [-0.05, 0) is 49.4 Å². The van der Waals surface area contributed by atoms with E-state index in [1.807, 2.05) is 6.92 Å². The second-order valence-electron chi connectivity index (χ2n) is 4.91. The molecule has 0 spiro atoms. The molecular weight excluding hydrogens is 219 g/mol. The van der Waals surface area contributed by atoms with E-state index in [1.54, 1.807) is 13.2 Å². The van der Waals surface area contributed by atoms with E-state index in [9.17, 15) is 9.50 Å². The van der Waals surface area contributed by atoms with Gasteiger partial charge in [-0.3, -0.25) is 0 Å². The minimum atomic E-state index is -0.509. The minimum Gasteiger partial charge on any atom is -0.390 e. The Kier molecular flexibility index (Phi) is 3.50. The zero-order valence-corrected chi connectivity index (χ0v) is 10.4. The molecular formula is C14H19FO2. The number of hydrogen-bond donors (Lipinski definition) is 1. The molecule has 2 rings (SSSR count). The molecule has 1 aromatic rings. The van der Waals surface area contributed by atoms with Gasteiger partial charge in [-0.1, -0.05) is 6.07 Å². The molecule has 1 fully saturated rings. The number of aryl methyl sites for hydroxylation is 1. The highest BCUT2D eigenvalue weighted by atomic mass is 19.1. The van der Waals surface area contributed by atoms with Crippen molar-refractivity contribution < 1.29 is 14.2 Å². The van der Waals surface area contributed by atoms with Gasteiger partial charge in [0.05, 0.1) is 11.7 Å². The highest BCUT2D eigenvalue weighted by Gasteiger charge is 2.43. The van der Waals surface area contributed by atoms with Gasteiger partial charge in [0.1, 0.15) is 5.82 Å². The van der Waals surface area contributed by atoms with Gasteiger partial charge in [0.25, 0.3) is 0 Å². The number of aliphatic hydroxyl groups excluding tert-OH is 1. The first-order valence-corrected chi connectivity index (χ1v) is 6.06. The summed E-state index contributed by atoms with van der Waals surface area (Å²) in [4.78, 5) is 0. The third-order valence-electron chi connectivity index (χ3n) is 3.93. The molecule has 0 radical (unpaired) electrons. The number of benzene rings is 1. The number of ether oxygens (including phenoxy) is 1. The van der Waals surface area contributed by atoms with Crippen molar-refractivity contribution in [3.63, 3.8) is 0 Å². The number of hydrogen-bond acceptors (Lipinski definition) is 2. The Morgan fingerprint density at radius 1 is 1.47 bits per heavy atom. The molecule has 0 aromatic heterocycles. The Bertz CT molecular complexity index is 394. The van der Waals surface area contributed by atoms with Crippen LogP contribution in [0.4, 0.5) is 4.39 Å². The third-order valence-corrected chi connectivity index (χ3v) is 3.93. The quantitative estimate of drug-likeness (QED) is 0.873. The molecule has 1 atom stereocenters. The predicted molar refractivity (Wildman–Crippen MR) is 64.4 cm³/mol. The molecule has 17 heavy (non-hydrogen) atoms. The fourth-order valence-corrected chi connectivity index (χ4v) is 2.48. The van der Waals surface area contributed by atoms with Gasteiger partial charge < -0.3 is 9.84 Å². The lowest BCUT2D eigenvalue weighted by Gasteiger charge is -2.44. The fourth-order valence-electron chi connectivity index (χ4n) is 2.48. The zero-order chi connectivity index (χ0) is 12.5. The Labute approximate surface area is 101 Å². The molecule has 3 heteroatoms. The monoisotopic (exact) mass is 238 g/mol. The average Bonchev–Trinajstić information content (AvgIpc) is 2.21. The summed E-state index contributed by atoms with van der Waals surface area (Å²) in [7, 11) is 1.65. The predicted octanol–water partition coefficient (Wildman–Crippen LogP) is 2.61. The van der Waals surface area contributed by atoms with Crippen LogP contribution >= 0.6 is 0 Å². The van der Waals surface area contributed by atoms with Gasteiger partial charge >= 0.3 is 0 Å². The smallest absolute Gasteiger partial charge is 0.123 e. The van der Waals surface area contributed by atoms with E-state index in [0.29, 0.717) is 6.42 Å². The summed E-state index contributed by atoms with van der Waals surface area (Å²) in [5.74, 6) is -0.231. The van der Waals surface area contributed by atoms with E-state index >= 15 is 0 Å². The summed E-state index contributed by atoms with van der Waals surface area (Å²) in [6, 6.07) is 4.69. The van der Waals surface area contributed by atoms with Crippen molar-refractivity contribution >= 4 is 0 Å². The molecule has 1 aromatic carbocycles. The number of methoxy groups -OCH3 is 1. The van der Waals surface area contributed by atoms with Crippen LogP contribution in [0.15, 0.2) is 18.2 Å². The molecule has 94 valence electrons. The van der Waals surface area contributed by atoms with Crippen LogP contribution in [-0.4, -0.2) is 23.9 Å². The van der Waals surface area contributed by atoms with E-state index in [4.69, 9.17) is 4.74 Å². The largest absolute Gasteiger partial charge is 0.390 e. The molecule has 0 aliphatic heterocycles. The lowest BCUT2D eigenvalue weighted by atomic mass is 9.74. The summed E-state index contributed by atoms with van der Waals surface area (Å²) in [6.45, 7) is 1.87. The van der Waals surface area contributed by atoms with Crippen LogP contribution in [0.2, 0.25) is 0 Å². The average molecular weight is 238 g/mol. The lowest BCUT2D eigenvalue weighted by Crippen LogP contribution is -2.50. The minimum absolute atomic E-state index is 0.231. The van der Waals surface area contributed by atoms with E-state index in [-0.39, 0.29) is 11.4 Å². The molecule has 1 saturated carbocycles. The van der Waals surface area contributed by atoms with Crippen molar-refractivity contribution in [3.05, 3.63) is 35.1 Å². The lowest BCUT2D eigenvalue weighted by molar-refractivity contribution is -0.148. The Morgan fingerprint density at radius 3 is 2.65 bits per heavy atom. The highest BCUT2D eigenvalue weighted by Crippen LogP contribution is 2.39. The molecule has 2 nitrogen and oxygen atoms in total. The normalized spacial score (nSPS) is 19.8. The second-order valence-corrected chi connectivity index (χ2v) is 4.91. The zero-order valence-electron chi connectivity index (χ0n) is 10.4. The van der Waals surface area contributed by atoms with Crippen LogP contribution in [0.1, 0.15) is 30.4 Å². The van der Waals surface area contributed by atoms with Crippen molar-refractivity contribution in [1.82, 2.24) is 0 Å². The highest BCUT2D eigenvalue weighted by molar-refractivity contribution is 5.27. The topological polar surface area (TPSA) is 29.5 Å². The molecule has 1 unspecified atom stereocenters. The van der Waals surface area contributed by atoms with Gasteiger partial charge in [-0.25, -0.2) is 4.39 Å². The summed E-state index contributed by atoms with van der Waals surface area (Å²) in [5, 5.41) is 10.2. The molecule has 1 aliphatic rings. The van der Waals surface area contributed by atoms with Gasteiger partial charge in [0.2, 0.25) is 0 Å². The van der Waals surface area contributed by atoms with E-state index in [0.717, 1.165) is 30.4 Å². The van der Waals surface area contributed by atoms with Gasteiger partial charge in [-0.2, -0.15) is 0 Å². The Morgan fingerprint density at radius 2 is 2.18 bits per heavy atom. The summed E-state index contributed by atoms with van der Waals surface area (Å²) in [6.07, 6.45) is 2.94. The Balaban J connectivity index is 2.10. The number of halogens is 1. The van der Waals surface area contributed by atoms with Crippen LogP contribution in [0.5, 0.6) is 0 Å².